The third kappa shape index (κ3) is 5.01. The summed E-state index contributed by atoms with van der Waals surface area (Å²) >= 11 is 0. The number of rotatable bonds is 4. The average Bonchev–Trinajstić information content (AvgIpc) is 2.68. The Bertz CT molecular complexity index is 735. The number of hydrogen-bond donors (Lipinski definition) is 1. The van der Waals surface area contributed by atoms with Crippen molar-refractivity contribution >= 4 is 35.6 Å². The van der Waals surface area contributed by atoms with E-state index in [0.29, 0.717) is 0 Å². The molecule has 1 heterocycles. The van der Waals surface area contributed by atoms with E-state index in [4.69, 9.17) is 0 Å². The Kier molecular flexibility index (Phi) is 8.60. The fraction of sp³-hybridized carbons (Fsp3) is 0.565. The molecule has 4 rings (SSSR count). The summed E-state index contributed by atoms with van der Waals surface area (Å²) in [6.45, 7) is 5.43. The van der Waals surface area contributed by atoms with Gasteiger partial charge in [-0.1, -0.05) is 61.7 Å². The van der Waals surface area contributed by atoms with E-state index in [0.717, 1.165) is 58.4 Å². The second-order valence-corrected chi connectivity index (χ2v) is 8.39. The van der Waals surface area contributed by atoms with Gasteiger partial charge in [-0.3, -0.25) is 0 Å². The van der Waals surface area contributed by atoms with Gasteiger partial charge in [0.25, 0.3) is 0 Å². The second kappa shape index (κ2) is 10.3. The monoisotopic (exact) mass is 424 g/mol. The lowest BCUT2D eigenvalue weighted by molar-refractivity contribution is -0.0333. The molecule has 1 unspecified atom stereocenters. The van der Waals surface area contributed by atoms with Crippen LogP contribution in [0.3, 0.4) is 0 Å². The van der Waals surface area contributed by atoms with Gasteiger partial charge in [-0.05, 0) is 36.2 Å². The highest BCUT2D eigenvalue weighted by molar-refractivity contribution is 5.86. The van der Waals surface area contributed by atoms with Gasteiger partial charge < -0.3 is 14.9 Å². The van der Waals surface area contributed by atoms with E-state index >= 15 is 0 Å². The van der Waals surface area contributed by atoms with E-state index in [1.807, 2.05) is 0 Å². The molecule has 5 heteroatoms. The fourth-order valence-electron chi connectivity index (χ4n) is 4.91. The third-order valence-electron chi connectivity index (χ3n) is 6.60. The molecule has 0 spiro atoms. The minimum atomic E-state index is -0.564. The first-order valence-corrected chi connectivity index (χ1v) is 10.3. The molecule has 156 valence electrons. The molecule has 0 aromatic heterocycles. The van der Waals surface area contributed by atoms with Crippen LogP contribution in [0.15, 0.2) is 42.5 Å². The molecule has 28 heavy (non-hydrogen) atoms. The summed E-state index contributed by atoms with van der Waals surface area (Å²) in [4.78, 5) is 4.97. The number of halogens is 2. The Balaban J connectivity index is 0.00000140. The van der Waals surface area contributed by atoms with E-state index < -0.39 is 5.60 Å². The SMILES string of the molecule is CN1CCN(CC(c2cccc3ccccc23)C2(O)CCCCC2)CC1.Cl.Cl. The van der Waals surface area contributed by atoms with Crippen molar-refractivity contribution in [3.63, 3.8) is 0 Å². The van der Waals surface area contributed by atoms with E-state index in [1.54, 1.807) is 0 Å². The van der Waals surface area contributed by atoms with Crippen molar-refractivity contribution in [2.24, 2.45) is 0 Å². The second-order valence-electron chi connectivity index (χ2n) is 8.39. The Morgan fingerprint density at radius 1 is 0.893 bits per heavy atom. The molecule has 0 radical (unpaired) electrons. The fourth-order valence-corrected chi connectivity index (χ4v) is 4.91. The minimum absolute atomic E-state index is 0. The zero-order valence-corrected chi connectivity index (χ0v) is 18.5. The van der Waals surface area contributed by atoms with Crippen LogP contribution in [-0.4, -0.2) is 60.3 Å². The highest BCUT2D eigenvalue weighted by atomic mass is 35.5. The number of fused-ring (bicyclic) bond motifs is 1. The molecule has 2 aromatic carbocycles. The van der Waals surface area contributed by atoms with E-state index in [-0.39, 0.29) is 30.7 Å². The first kappa shape index (κ1) is 23.4. The van der Waals surface area contributed by atoms with Crippen LogP contribution in [0.4, 0.5) is 0 Å². The predicted octanol–water partition coefficient (Wildman–Crippen LogP) is 4.71. The summed E-state index contributed by atoms with van der Waals surface area (Å²) < 4.78 is 0. The molecule has 2 fully saturated rings. The molecule has 0 bridgehead atoms. The molecule has 0 amide bonds. The zero-order valence-electron chi connectivity index (χ0n) is 16.8. The molecule has 1 saturated heterocycles. The standard InChI is InChI=1S/C23H32N2O.2ClH/c1-24-14-16-25(17-15-24)18-22(23(26)12-5-2-6-13-23)21-11-7-9-19-8-3-4-10-20(19)21;;/h3-4,7-11,22,26H,2,5-6,12-18H2,1H3;2*1H. The Morgan fingerprint density at radius 3 is 2.25 bits per heavy atom. The van der Waals surface area contributed by atoms with Gasteiger partial charge in [0.1, 0.15) is 0 Å². The lowest BCUT2D eigenvalue weighted by Crippen LogP contribution is -2.50. The number of piperazine rings is 1. The maximum Gasteiger partial charge on any atom is 0.0728 e. The third-order valence-corrected chi connectivity index (χ3v) is 6.60. The summed E-state index contributed by atoms with van der Waals surface area (Å²) in [6, 6.07) is 15.3. The lowest BCUT2D eigenvalue weighted by Gasteiger charge is -2.43. The molecule has 1 aliphatic carbocycles. The highest BCUT2D eigenvalue weighted by Crippen LogP contribution is 2.42. The van der Waals surface area contributed by atoms with Crippen molar-refractivity contribution in [1.82, 2.24) is 9.80 Å². The van der Waals surface area contributed by atoms with Crippen LogP contribution < -0.4 is 0 Å². The molecule has 1 atom stereocenters. The van der Waals surface area contributed by atoms with Crippen LogP contribution >= 0.6 is 24.8 Å². The largest absolute Gasteiger partial charge is 0.389 e. The molecule has 1 saturated carbocycles. The van der Waals surface area contributed by atoms with Gasteiger partial charge in [-0.15, -0.1) is 24.8 Å². The molecule has 1 aliphatic heterocycles. The van der Waals surface area contributed by atoms with E-state index in [9.17, 15) is 5.11 Å². The summed E-state index contributed by atoms with van der Waals surface area (Å²) in [7, 11) is 2.20. The molecular formula is C23H34Cl2N2O. The van der Waals surface area contributed by atoms with Gasteiger partial charge in [0, 0.05) is 38.6 Å². The van der Waals surface area contributed by atoms with Gasteiger partial charge in [0.15, 0.2) is 0 Å². The normalized spacial score (nSPS) is 21.5. The minimum Gasteiger partial charge on any atom is -0.389 e. The summed E-state index contributed by atoms with van der Waals surface area (Å²) in [5, 5.41) is 14.3. The van der Waals surface area contributed by atoms with Crippen LogP contribution in [0.25, 0.3) is 10.8 Å². The van der Waals surface area contributed by atoms with Crippen LogP contribution in [0, 0.1) is 0 Å². The molecule has 3 nitrogen and oxygen atoms in total. The predicted molar refractivity (Wildman–Crippen MR) is 123 cm³/mol. The molecular weight excluding hydrogens is 391 g/mol. The smallest absolute Gasteiger partial charge is 0.0728 e. The van der Waals surface area contributed by atoms with Gasteiger partial charge in [-0.2, -0.15) is 0 Å². The topological polar surface area (TPSA) is 26.7 Å². The number of nitrogens with zero attached hydrogens (tertiary/aromatic N) is 2. The van der Waals surface area contributed by atoms with Crippen molar-refractivity contribution in [2.75, 3.05) is 39.8 Å². The van der Waals surface area contributed by atoms with Gasteiger partial charge in [0.2, 0.25) is 0 Å². The number of aliphatic hydroxyl groups is 1. The van der Waals surface area contributed by atoms with Crippen molar-refractivity contribution in [3.05, 3.63) is 48.0 Å². The first-order valence-electron chi connectivity index (χ1n) is 10.3. The van der Waals surface area contributed by atoms with E-state index in [2.05, 4.69) is 59.3 Å². The van der Waals surface area contributed by atoms with Crippen molar-refractivity contribution in [1.29, 1.82) is 0 Å². The van der Waals surface area contributed by atoms with Crippen LogP contribution in [-0.2, 0) is 0 Å². The zero-order chi connectivity index (χ0) is 18.0. The highest BCUT2D eigenvalue weighted by Gasteiger charge is 2.40. The number of likely N-dealkylation sites (N-methyl/N-ethyl adjacent to an activating group) is 1. The van der Waals surface area contributed by atoms with E-state index in [1.165, 1.54) is 22.8 Å². The summed E-state index contributed by atoms with van der Waals surface area (Å²) in [5.41, 5.74) is 0.776. The van der Waals surface area contributed by atoms with Gasteiger partial charge in [-0.25, -0.2) is 0 Å². The van der Waals surface area contributed by atoms with Crippen LogP contribution in [0.2, 0.25) is 0 Å². The molecule has 2 aromatic rings. The Labute approximate surface area is 181 Å². The van der Waals surface area contributed by atoms with Crippen LogP contribution in [0.1, 0.15) is 43.6 Å². The first-order chi connectivity index (χ1) is 12.7. The molecule has 2 aliphatic rings. The lowest BCUT2D eigenvalue weighted by atomic mass is 9.71. The maximum atomic E-state index is 11.7. The van der Waals surface area contributed by atoms with Gasteiger partial charge in [0.05, 0.1) is 5.60 Å². The summed E-state index contributed by atoms with van der Waals surface area (Å²) in [6.07, 6.45) is 5.45. The summed E-state index contributed by atoms with van der Waals surface area (Å²) in [5.74, 6) is 0.192. The quantitative estimate of drug-likeness (QED) is 0.769. The van der Waals surface area contributed by atoms with Gasteiger partial charge >= 0.3 is 0 Å². The number of benzene rings is 2. The average molecular weight is 425 g/mol. The van der Waals surface area contributed by atoms with Crippen molar-refractivity contribution in [2.45, 2.75) is 43.6 Å². The Morgan fingerprint density at radius 2 is 1.54 bits per heavy atom. The van der Waals surface area contributed by atoms with Crippen LogP contribution in [0.5, 0.6) is 0 Å². The molecule has 1 N–H and O–H groups in total. The van der Waals surface area contributed by atoms with Crippen molar-refractivity contribution < 1.29 is 5.11 Å². The maximum absolute atomic E-state index is 11.7. The van der Waals surface area contributed by atoms with Crippen molar-refractivity contribution in [3.8, 4) is 0 Å². The Hall–Kier alpha value is -0.840. The number of hydrogen-bond acceptors (Lipinski definition) is 3.